The topological polar surface area (TPSA) is 81.4 Å². The lowest BCUT2D eigenvalue weighted by Gasteiger charge is -2.14. The zero-order valence-corrected chi connectivity index (χ0v) is 18.5. The number of rotatable bonds is 4. The molecule has 0 aliphatic heterocycles. The maximum Gasteiger partial charge on any atom is 0.269 e. The summed E-state index contributed by atoms with van der Waals surface area (Å²) in [6.45, 7) is 0. The summed E-state index contributed by atoms with van der Waals surface area (Å²) in [6.07, 6.45) is 3.27. The first-order valence-corrected chi connectivity index (χ1v) is 11.0. The van der Waals surface area contributed by atoms with E-state index in [1.807, 2.05) is 60.7 Å². The molecule has 0 spiro atoms. The highest BCUT2D eigenvalue weighted by atomic mass is 35.5. The monoisotopic (exact) mass is 464 g/mol. The van der Waals surface area contributed by atoms with E-state index in [1.165, 1.54) is 0 Å². The molecule has 6 aromatic rings. The molecule has 0 aliphatic carbocycles. The van der Waals surface area contributed by atoms with Crippen molar-refractivity contribution in [3.8, 4) is 34.0 Å². The van der Waals surface area contributed by atoms with Crippen LogP contribution in [0.15, 0.2) is 102 Å². The third kappa shape index (κ3) is 3.39. The Morgan fingerprint density at radius 1 is 0.794 bits per heavy atom. The molecule has 0 fully saturated rings. The van der Waals surface area contributed by atoms with E-state index < -0.39 is 0 Å². The number of hydrogen-bond acceptors (Lipinski definition) is 4. The molecule has 8 heteroatoms. The fourth-order valence-corrected chi connectivity index (χ4v) is 4.09. The lowest BCUT2D eigenvalue weighted by atomic mass is 10.1. The number of hydrogen-bond donors (Lipinski definition) is 1. The summed E-state index contributed by atoms with van der Waals surface area (Å²) in [7, 11) is 0. The van der Waals surface area contributed by atoms with Crippen molar-refractivity contribution in [2.75, 3.05) is 0 Å². The van der Waals surface area contributed by atoms with E-state index in [4.69, 9.17) is 16.6 Å². The normalized spacial score (nSPS) is 11.2. The zero-order valence-electron chi connectivity index (χ0n) is 17.8. The third-order valence-corrected chi connectivity index (χ3v) is 5.89. The SMILES string of the molecule is O=c1c2cnn(-c3ccccc3)c2nc(-c2ccc(-c3ccn[nH]3)cc2)n1-c1ccc(Cl)cc1. The van der Waals surface area contributed by atoms with Crippen LogP contribution in [0.1, 0.15) is 0 Å². The van der Waals surface area contributed by atoms with Gasteiger partial charge in [0.15, 0.2) is 5.65 Å². The molecule has 3 aromatic carbocycles. The highest BCUT2D eigenvalue weighted by molar-refractivity contribution is 6.30. The largest absolute Gasteiger partial charge is 0.278 e. The van der Waals surface area contributed by atoms with Crippen LogP contribution in [0.2, 0.25) is 5.02 Å². The van der Waals surface area contributed by atoms with Gasteiger partial charge in [0, 0.05) is 16.8 Å². The van der Waals surface area contributed by atoms with Gasteiger partial charge in [-0.25, -0.2) is 9.67 Å². The second-order valence-electron chi connectivity index (χ2n) is 7.73. The Labute approximate surface area is 198 Å². The molecule has 0 amide bonds. The second kappa shape index (κ2) is 8.13. The fourth-order valence-electron chi connectivity index (χ4n) is 3.96. The molecular weight excluding hydrogens is 448 g/mol. The minimum atomic E-state index is -0.206. The number of benzene rings is 3. The molecule has 0 atom stereocenters. The Morgan fingerprint density at radius 2 is 1.53 bits per heavy atom. The number of fused-ring (bicyclic) bond motifs is 1. The predicted octanol–water partition coefficient (Wildman–Crippen LogP) is 5.28. The van der Waals surface area contributed by atoms with Crippen LogP contribution in [0.4, 0.5) is 0 Å². The van der Waals surface area contributed by atoms with Gasteiger partial charge in [0.2, 0.25) is 0 Å². The zero-order chi connectivity index (χ0) is 23.1. The number of aromatic nitrogens is 6. The van der Waals surface area contributed by atoms with Crippen molar-refractivity contribution in [1.29, 1.82) is 0 Å². The summed E-state index contributed by atoms with van der Waals surface area (Å²) in [5.74, 6) is 0.508. The molecule has 1 N–H and O–H groups in total. The summed E-state index contributed by atoms with van der Waals surface area (Å²) < 4.78 is 3.28. The van der Waals surface area contributed by atoms with Crippen LogP contribution in [-0.4, -0.2) is 29.5 Å². The van der Waals surface area contributed by atoms with Crippen molar-refractivity contribution in [2.24, 2.45) is 0 Å². The number of aromatic amines is 1. The molecule has 0 saturated carbocycles. The van der Waals surface area contributed by atoms with E-state index in [2.05, 4.69) is 15.3 Å². The number of nitrogens with one attached hydrogen (secondary N) is 1. The highest BCUT2D eigenvalue weighted by Gasteiger charge is 2.18. The lowest BCUT2D eigenvalue weighted by Crippen LogP contribution is -2.22. The molecule has 0 unspecified atom stereocenters. The summed E-state index contributed by atoms with van der Waals surface area (Å²) in [5.41, 5.74) is 4.47. The minimum Gasteiger partial charge on any atom is -0.278 e. The number of halogens is 1. The lowest BCUT2D eigenvalue weighted by molar-refractivity contribution is 0.888. The van der Waals surface area contributed by atoms with Crippen LogP contribution < -0.4 is 5.56 Å². The molecule has 3 aromatic heterocycles. The van der Waals surface area contributed by atoms with Gasteiger partial charge < -0.3 is 0 Å². The standard InChI is InChI=1S/C26H17ClN6O/c27-19-10-12-20(13-11-19)32-24(18-8-6-17(7-9-18)23-14-15-28-31-23)30-25-22(26(32)34)16-29-33(25)21-4-2-1-3-5-21/h1-16H,(H,28,31). The second-order valence-corrected chi connectivity index (χ2v) is 8.17. The van der Waals surface area contributed by atoms with Gasteiger partial charge in [0.1, 0.15) is 11.2 Å². The highest BCUT2D eigenvalue weighted by Crippen LogP contribution is 2.26. The molecule has 7 nitrogen and oxygen atoms in total. The molecule has 0 saturated heterocycles. The van der Waals surface area contributed by atoms with Gasteiger partial charge in [-0.15, -0.1) is 0 Å². The van der Waals surface area contributed by atoms with Crippen LogP contribution in [-0.2, 0) is 0 Å². The summed E-state index contributed by atoms with van der Waals surface area (Å²) in [6, 6.07) is 26.5. The van der Waals surface area contributed by atoms with Crippen molar-refractivity contribution >= 4 is 22.6 Å². The first-order chi connectivity index (χ1) is 16.7. The van der Waals surface area contributed by atoms with Gasteiger partial charge in [-0.05, 0) is 48.0 Å². The third-order valence-electron chi connectivity index (χ3n) is 5.64. The summed E-state index contributed by atoms with van der Waals surface area (Å²) in [4.78, 5) is 18.7. The van der Waals surface area contributed by atoms with Crippen LogP contribution in [0.5, 0.6) is 0 Å². The van der Waals surface area contributed by atoms with Gasteiger partial charge in [-0.3, -0.25) is 14.5 Å². The molecule has 164 valence electrons. The average Bonchev–Trinajstić information content (AvgIpc) is 3.56. The van der Waals surface area contributed by atoms with Gasteiger partial charge in [-0.2, -0.15) is 10.2 Å². The number of H-pyrrole nitrogens is 1. The Balaban J connectivity index is 1.61. The molecule has 0 bridgehead atoms. The van der Waals surface area contributed by atoms with E-state index in [9.17, 15) is 4.79 Å². The Kier molecular flexibility index (Phi) is 4.82. The van der Waals surface area contributed by atoms with E-state index in [0.29, 0.717) is 27.6 Å². The molecular formula is C26H17ClN6O. The molecule has 34 heavy (non-hydrogen) atoms. The van der Waals surface area contributed by atoms with Crippen molar-refractivity contribution < 1.29 is 0 Å². The first kappa shape index (κ1) is 20.1. The van der Waals surface area contributed by atoms with Crippen LogP contribution in [0.3, 0.4) is 0 Å². The Hall–Kier alpha value is -4.49. The minimum absolute atomic E-state index is 0.206. The van der Waals surface area contributed by atoms with E-state index in [0.717, 1.165) is 22.5 Å². The molecule has 0 radical (unpaired) electrons. The van der Waals surface area contributed by atoms with Gasteiger partial charge >= 0.3 is 0 Å². The maximum atomic E-state index is 13.7. The van der Waals surface area contributed by atoms with Crippen LogP contribution >= 0.6 is 11.6 Å². The maximum absolute atomic E-state index is 13.7. The smallest absolute Gasteiger partial charge is 0.269 e. The van der Waals surface area contributed by atoms with Gasteiger partial charge in [0.05, 0.1) is 23.3 Å². The average molecular weight is 465 g/mol. The quantitative estimate of drug-likeness (QED) is 0.384. The van der Waals surface area contributed by atoms with Crippen LogP contribution in [0, 0.1) is 0 Å². The first-order valence-electron chi connectivity index (χ1n) is 10.6. The Morgan fingerprint density at radius 3 is 2.24 bits per heavy atom. The van der Waals surface area contributed by atoms with Crippen molar-refractivity contribution in [1.82, 2.24) is 29.5 Å². The fraction of sp³-hybridized carbons (Fsp3) is 0. The van der Waals surface area contributed by atoms with Crippen molar-refractivity contribution in [3.63, 3.8) is 0 Å². The predicted molar refractivity (Wildman–Crippen MR) is 132 cm³/mol. The van der Waals surface area contributed by atoms with E-state index in [-0.39, 0.29) is 5.56 Å². The van der Waals surface area contributed by atoms with Gasteiger partial charge in [-0.1, -0.05) is 54.1 Å². The van der Waals surface area contributed by atoms with Crippen molar-refractivity contribution in [2.45, 2.75) is 0 Å². The van der Waals surface area contributed by atoms with Crippen molar-refractivity contribution in [3.05, 3.63) is 113 Å². The number of nitrogens with zero attached hydrogens (tertiary/aromatic N) is 5. The van der Waals surface area contributed by atoms with Gasteiger partial charge in [0.25, 0.3) is 5.56 Å². The summed E-state index contributed by atoms with van der Waals surface area (Å²) in [5, 5.41) is 12.5. The van der Waals surface area contributed by atoms with E-state index >= 15 is 0 Å². The molecule has 6 rings (SSSR count). The Bertz CT molecular complexity index is 1650. The van der Waals surface area contributed by atoms with Crippen LogP contribution in [0.25, 0.3) is 45.1 Å². The summed E-state index contributed by atoms with van der Waals surface area (Å²) >= 11 is 6.10. The number of para-hydroxylation sites is 1. The molecule has 0 aliphatic rings. The van der Waals surface area contributed by atoms with E-state index in [1.54, 1.807) is 45.9 Å². The molecule has 3 heterocycles.